The second-order valence-electron chi connectivity index (χ2n) is 5.53. The molecule has 0 radical (unpaired) electrons. The number of allylic oxidation sites excluding steroid dienone is 1. The Kier molecular flexibility index (Phi) is 4.06. The van der Waals surface area contributed by atoms with Crippen LogP contribution < -0.4 is 4.74 Å². The molecule has 0 fully saturated rings. The lowest BCUT2D eigenvalue weighted by Crippen LogP contribution is -2.14. The molecule has 2 aromatic rings. The zero-order valence-corrected chi connectivity index (χ0v) is 13.0. The lowest BCUT2D eigenvalue weighted by Gasteiger charge is -2.25. The minimum atomic E-state index is -0.524. The standard InChI is InChI=1S/C19H18O4/c1-12(19(21)22-2)16-10-14(20)11-17-15(8-9-23-18(16)17)13-6-4-3-5-7-13/h3-12,15,20H,1-2H3. The van der Waals surface area contributed by atoms with Gasteiger partial charge in [-0.05, 0) is 30.7 Å². The van der Waals surface area contributed by atoms with Crippen LogP contribution >= 0.6 is 0 Å². The molecule has 0 aromatic heterocycles. The first-order valence-electron chi connectivity index (χ1n) is 7.44. The molecule has 1 aliphatic heterocycles. The van der Waals surface area contributed by atoms with Crippen LogP contribution in [0.5, 0.6) is 11.5 Å². The topological polar surface area (TPSA) is 55.8 Å². The van der Waals surface area contributed by atoms with Gasteiger partial charge >= 0.3 is 5.97 Å². The molecule has 3 rings (SSSR count). The molecule has 118 valence electrons. The predicted molar refractivity (Wildman–Crippen MR) is 86.6 cm³/mol. The summed E-state index contributed by atoms with van der Waals surface area (Å²) in [6, 6.07) is 13.2. The number of phenols is 1. The number of esters is 1. The molecule has 0 amide bonds. The highest BCUT2D eigenvalue weighted by molar-refractivity contribution is 5.79. The number of carbonyl (C=O) groups excluding carboxylic acids is 1. The Morgan fingerprint density at radius 1 is 1.26 bits per heavy atom. The number of aromatic hydroxyl groups is 1. The van der Waals surface area contributed by atoms with Crippen molar-refractivity contribution in [2.24, 2.45) is 0 Å². The second kappa shape index (κ2) is 6.16. The SMILES string of the molecule is COC(=O)C(C)c1cc(O)cc2c1OC=CC2c1ccccc1. The quantitative estimate of drug-likeness (QED) is 0.878. The van der Waals surface area contributed by atoms with Gasteiger partial charge in [-0.1, -0.05) is 30.3 Å². The van der Waals surface area contributed by atoms with E-state index in [-0.39, 0.29) is 17.6 Å². The summed E-state index contributed by atoms with van der Waals surface area (Å²) in [5.74, 6) is -0.210. The first-order valence-corrected chi connectivity index (χ1v) is 7.44. The van der Waals surface area contributed by atoms with Gasteiger partial charge in [0.2, 0.25) is 0 Å². The first kappa shape index (κ1) is 15.2. The maximum absolute atomic E-state index is 11.9. The second-order valence-corrected chi connectivity index (χ2v) is 5.53. The molecule has 0 saturated carbocycles. The molecule has 2 aromatic carbocycles. The Labute approximate surface area is 135 Å². The van der Waals surface area contributed by atoms with Gasteiger partial charge in [-0.3, -0.25) is 4.79 Å². The van der Waals surface area contributed by atoms with Crippen molar-refractivity contribution in [3.8, 4) is 11.5 Å². The normalized spacial score (nSPS) is 17.0. The van der Waals surface area contributed by atoms with Crippen LogP contribution in [0.2, 0.25) is 0 Å². The molecule has 1 heterocycles. The van der Waals surface area contributed by atoms with Crippen LogP contribution in [0.3, 0.4) is 0 Å². The van der Waals surface area contributed by atoms with E-state index in [0.29, 0.717) is 11.3 Å². The van der Waals surface area contributed by atoms with Crippen molar-refractivity contribution in [3.63, 3.8) is 0 Å². The van der Waals surface area contributed by atoms with Gasteiger partial charge in [0.25, 0.3) is 0 Å². The Balaban J connectivity index is 2.12. The molecule has 2 atom stereocenters. The van der Waals surface area contributed by atoms with Crippen LogP contribution in [0.15, 0.2) is 54.8 Å². The van der Waals surface area contributed by atoms with E-state index in [1.54, 1.807) is 25.3 Å². The molecule has 0 saturated heterocycles. The van der Waals surface area contributed by atoms with E-state index in [0.717, 1.165) is 11.1 Å². The highest BCUT2D eigenvalue weighted by Gasteiger charge is 2.28. The maximum Gasteiger partial charge on any atom is 0.312 e. The smallest absolute Gasteiger partial charge is 0.312 e. The number of methoxy groups -OCH3 is 1. The zero-order chi connectivity index (χ0) is 16.4. The highest BCUT2D eigenvalue weighted by Crippen LogP contribution is 2.43. The van der Waals surface area contributed by atoms with E-state index < -0.39 is 5.92 Å². The fourth-order valence-electron chi connectivity index (χ4n) is 2.89. The highest BCUT2D eigenvalue weighted by atomic mass is 16.5. The minimum absolute atomic E-state index is 0.0318. The third-order valence-corrected chi connectivity index (χ3v) is 4.10. The summed E-state index contributed by atoms with van der Waals surface area (Å²) >= 11 is 0. The van der Waals surface area contributed by atoms with Crippen molar-refractivity contribution in [1.82, 2.24) is 0 Å². The Morgan fingerprint density at radius 3 is 2.70 bits per heavy atom. The molecule has 4 nitrogen and oxygen atoms in total. The van der Waals surface area contributed by atoms with Gasteiger partial charge < -0.3 is 14.6 Å². The molecule has 0 spiro atoms. The van der Waals surface area contributed by atoms with Crippen LogP contribution in [-0.2, 0) is 9.53 Å². The van der Waals surface area contributed by atoms with E-state index in [4.69, 9.17) is 9.47 Å². The summed E-state index contributed by atoms with van der Waals surface area (Å²) in [4.78, 5) is 11.9. The van der Waals surface area contributed by atoms with Gasteiger partial charge in [0.15, 0.2) is 0 Å². The monoisotopic (exact) mass is 310 g/mol. The van der Waals surface area contributed by atoms with Gasteiger partial charge in [-0.25, -0.2) is 0 Å². The summed E-state index contributed by atoms with van der Waals surface area (Å²) < 4.78 is 10.5. The van der Waals surface area contributed by atoms with Crippen LogP contribution in [0.25, 0.3) is 0 Å². The lowest BCUT2D eigenvalue weighted by atomic mass is 9.86. The Morgan fingerprint density at radius 2 is 2.00 bits per heavy atom. The number of hydrogen-bond donors (Lipinski definition) is 1. The molecule has 0 bridgehead atoms. The number of hydrogen-bond acceptors (Lipinski definition) is 4. The predicted octanol–water partition coefficient (Wildman–Crippen LogP) is 3.71. The number of phenolic OH excluding ortho intramolecular Hbond substituents is 1. The van der Waals surface area contributed by atoms with Gasteiger partial charge in [-0.15, -0.1) is 0 Å². The Bertz CT molecular complexity index is 749. The van der Waals surface area contributed by atoms with Gasteiger partial charge in [-0.2, -0.15) is 0 Å². The van der Waals surface area contributed by atoms with Crippen LogP contribution in [0.1, 0.15) is 35.4 Å². The minimum Gasteiger partial charge on any atom is -0.508 e. The molecular formula is C19H18O4. The lowest BCUT2D eigenvalue weighted by molar-refractivity contribution is -0.142. The Hall–Kier alpha value is -2.75. The van der Waals surface area contributed by atoms with Crippen LogP contribution in [0.4, 0.5) is 0 Å². The van der Waals surface area contributed by atoms with E-state index in [9.17, 15) is 9.90 Å². The summed E-state index contributed by atoms with van der Waals surface area (Å²) in [5, 5.41) is 10.1. The molecule has 2 unspecified atom stereocenters. The number of benzene rings is 2. The zero-order valence-electron chi connectivity index (χ0n) is 13.0. The van der Waals surface area contributed by atoms with Crippen molar-refractivity contribution >= 4 is 5.97 Å². The van der Waals surface area contributed by atoms with Gasteiger partial charge in [0.1, 0.15) is 11.5 Å². The summed E-state index contributed by atoms with van der Waals surface area (Å²) in [7, 11) is 1.35. The van der Waals surface area contributed by atoms with Gasteiger partial charge in [0.05, 0.1) is 19.3 Å². The van der Waals surface area contributed by atoms with Crippen molar-refractivity contribution in [3.05, 3.63) is 71.5 Å². The number of rotatable bonds is 3. The van der Waals surface area contributed by atoms with E-state index in [1.807, 2.05) is 36.4 Å². The number of fused-ring (bicyclic) bond motifs is 1. The van der Waals surface area contributed by atoms with E-state index in [2.05, 4.69) is 0 Å². The van der Waals surface area contributed by atoms with Crippen LogP contribution in [0, 0.1) is 0 Å². The third kappa shape index (κ3) is 2.80. The van der Waals surface area contributed by atoms with Crippen LogP contribution in [-0.4, -0.2) is 18.2 Å². The van der Waals surface area contributed by atoms with Crippen molar-refractivity contribution in [2.75, 3.05) is 7.11 Å². The summed E-state index contributed by atoms with van der Waals surface area (Å²) in [6.45, 7) is 1.74. The average Bonchev–Trinajstić information content (AvgIpc) is 2.60. The molecule has 23 heavy (non-hydrogen) atoms. The summed E-state index contributed by atoms with van der Waals surface area (Å²) in [6.07, 6.45) is 3.56. The third-order valence-electron chi connectivity index (χ3n) is 4.10. The molecular weight excluding hydrogens is 292 g/mol. The molecule has 1 aliphatic rings. The average molecular weight is 310 g/mol. The van der Waals surface area contributed by atoms with Crippen molar-refractivity contribution in [1.29, 1.82) is 0 Å². The molecule has 0 aliphatic carbocycles. The fraction of sp³-hybridized carbons (Fsp3) is 0.211. The van der Waals surface area contributed by atoms with Crippen molar-refractivity contribution in [2.45, 2.75) is 18.8 Å². The summed E-state index contributed by atoms with van der Waals surface area (Å²) in [5.41, 5.74) is 2.55. The van der Waals surface area contributed by atoms with Crippen molar-refractivity contribution < 1.29 is 19.4 Å². The molecule has 4 heteroatoms. The number of ether oxygens (including phenoxy) is 2. The van der Waals surface area contributed by atoms with Gasteiger partial charge in [0, 0.05) is 17.0 Å². The maximum atomic E-state index is 11.9. The number of carbonyl (C=O) groups is 1. The van der Waals surface area contributed by atoms with E-state index in [1.165, 1.54) is 7.11 Å². The first-order chi connectivity index (χ1) is 11.1. The largest absolute Gasteiger partial charge is 0.508 e. The molecule has 1 N–H and O–H groups in total. The fourth-order valence-corrected chi connectivity index (χ4v) is 2.89. The van der Waals surface area contributed by atoms with E-state index >= 15 is 0 Å².